The van der Waals surface area contributed by atoms with E-state index < -0.39 is 58.2 Å². The molecule has 1 aliphatic rings. The quantitative estimate of drug-likeness (QED) is 0.0412. The number of anilines is 1. The van der Waals surface area contributed by atoms with Crippen LogP contribution in [0, 0.1) is 0 Å². The summed E-state index contributed by atoms with van der Waals surface area (Å²) in [7, 11) is -5.02. The van der Waals surface area contributed by atoms with E-state index in [1.165, 1.54) is 25.4 Å². The van der Waals surface area contributed by atoms with Crippen molar-refractivity contribution in [1.82, 2.24) is 24.9 Å². The monoisotopic (exact) mass is 668 g/mol. The number of amides is 2. The summed E-state index contributed by atoms with van der Waals surface area (Å²) in [6.45, 7) is 3.50. The summed E-state index contributed by atoms with van der Waals surface area (Å²) in [5.41, 5.74) is 9.17. The molecule has 4 rings (SSSR count). The molecule has 7 N–H and O–H groups in total. The highest BCUT2D eigenvalue weighted by Crippen LogP contribution is 2.33. The van der Waals surface area contributed by atoms with Crippen LogP contribution in [0.5, 0.6) is 5.75 Å². The lowest BCUT2D eigenvalue weighted by atomic mass is 9.84. The fraction of sp³-hybridized carbons (Fsp3) is 0.375. The highest BCUT2D eigenvalue weighted by molar-refractivity contribution is 7.80. The van der Waals surface area contributed by atoms with E-state index in [0.29, 0.717) is 17.4 Å². The Morgan fingerprint density at radius 3 is 2.67 bits per heavy atom. The number of β-lactam (4-membered cyclic amide) rings is 1. The van der Waals surface area contributed by atoms with Gasteiger partial charge in [0.15, 0.2) is 10.8 Å². The van der Waals surface area contributed by atoms with Gasteiger partial charge in [-0.05, 0) is 32.9 Å². The van der Waals surface area contributed by atoms with Crippen molar-refractivity contribution in [2.24, 2.45) is 10.9 Å². The number of nitrogens with one attached hydrogen (secondary N) is 1. The van der Waals surface area contributed by atoms with Crippen LogP contribution in [-0.4, -0.2) is 92.0 Å². The number of rotatable bonds is 15. The number of carboxylic acids is 1. The smallest absolute Gasteiger partial charge is 0.418 e. The highest BCUT2D eigenvalue weighted by Gasteiger charge is 2.58. The average Bonchev–Trinajstić information content (AvgIpc) is 3.64. The van der Waals surface area contributed by atoms with Gasteiger partial charge >= 0.3 is 16.4 Å². The first-order chi connectivity index (χ1) is 21.2. The molecule has 3 aromatic rings. The van der Waals surface area contributed by atoms with Gasteiger partial charge in [-0.1, -0.05) is 5.16 Å². The minimum Gasteiger partial charge on any atom is -0.487 e. The molecule has 1 aliphatic heterocycles. The minimum absolute atomic E-state index is 0.0534. The first-order valence-corrected chi connectivity index (χ1v) is 15.3. The molecule has 242 valence electrons. The number of nitrogens with zero attached hydrogens (tertiary/aromatic N) is 6. The lowest BCUT2D eigenvalue weighted by molar-refractivity contribution is -0.696. The summed E-state index contributed by atoms with van der Waals surface area (Å²) in [6.07, 6.45) is 6.06. The maximum absolute atomic E-state index is 13.2. The highest BCUT2D eigenvalue weighted by atomic mass is 32.3. The number of nitrogens with two attached hydrogens (primary N) is 2. The molecule has 0 saturated carbocycles. The number of aryl methyl sites for hydroxylation is 1. The summed E-state index contributed by atoms with van der Waals surface area (Å²) in [4.78, 5) is 51.0. The Balaban J connectivity index is 1.44. The topological polar surface area (TPSA) is 268 Å². The number of thiazole rings is 1. The number of ether oxygens (including phenoxy) is 1. The fourth-order valence-corrected chi connectivity index (χ4v) is 5.00. The van der Waals surface area contributed by atoms with Gasteiger partial charge in [0.05, 0.1) is 18.3 Å². The van der Waals surface area contributed by atoms with E-state index in [1.807, 2.05) is 23.3 Å². The number of aliphatic carboxylic acids is 1. The molecule has 0 unspecified atom stereocenters. The molecule has 0 aromatic carbocycles. The number of hydrogen-bond acceptors (Lipinski definition) is 14. The van der Waals surface area contributed by atoms with Gasteiger partial charge in [-0.2, -0.15) is 18.0 Å². The number of hydroxylamine groups is 2. The fourth-order valence-electron chi connectivity index (χ4n) is 4.00. The van der Waals surface area contributed by atoms with E-state index in [0.717, 1.165) is 24.3 Å². The molecule has 0 aliphatic carbocycles. The number of aromatic nitrogens is 4. The molecule has 1 fully saturated rings. The number of carboxylic acid groups (broad SMARTS) is 1. The predicted molar refractivity (Wildman–Crippen MR) is 154 cm³/mol. The van der Waals surface area contributed by atoms with Crippen molar-refractivity contribution < 1.29 is 50.9 Å². The molecule has 0 bridgehead atoms. The van der Waals surface area contributed by atoms with Gasteiger partial charge in [0, 0.05) is 11.4 Å². The van der Waals surface area contributed by atoms with E-state index in [4.69, 9.17) is 25.6 Å². The van der Waals surface area contributed by atoms with Crippen molar-refractivity contribution in [1.29, 1.82) is 0 Å². The Hall–Kier alpha value is -4.70. The zero-order valence-corrected chi connectivity index (χ0v) is 25.5. The molecule has 2 amide bonds. The van der Waals surface area contributed by atoms with E-state index in [2.05, 4.69) is 24.7 Å². The van der Waals surface area contributed by atoms with Gasteiger partial charge in [-0.25, -0.2) is 19.3 Å². The first-order valence-electron chi connectivity index (χ1n) is 13.1. The van der Waals surface area contributed by atoms with Crippen LogP contribution in [0.4, 0.5) is 5.13 Å². The van der Waals surface area contributed by atoms with Crippen LogP contribution >= 0.6 is 11.3 Å². The second-order valence-corrected chi connectivity index (χ2v) is 11.9. The Bertz CT molecular complexity index is 1690. The van der Waals surface area contributed by atoms with Gasteiger partial charge in [-0.3, -0.25) is 14.1 Å². The van der Waals surface area contributed by atoms with E-state index in [-0.39, 0.29) is 16.6 Å². The molecule has 0 radical (unpaired) electrons. The number of carbonyl (C=O) groups is 3. The number of imidazole rings is 1. The van der Waals surface area contributed by atoms with Gasteiger partial charge in [0.2, 0.25) is 12.1 Å². The van der Waals surface area contributed by atoms with Crippen LogP contribution in [0.25, 0.3) is 5.82 Å². The molecule has 3 aromatic heterocycles. The van der Waals surface area contributed by atoms with Crippen molar-refractivity contribution >= 4 is 50.4 Å². The van der Waals surface area contributed by atoms with Crippen LogP contribution < -0.4 is 26.1 Å². The van der Waals surface area contributed by atoms with Gasteiger partial charge < -0.3 is 31.5 Å². The average molecular weight is 669 g/mol. The summed E-state index contributed by atoms with van der Waals surface area (Å²) < 4.78 is 44.6. The van der Waals surface area contributed by atoms with Gasteiger partial charge in [-0.15, -0.1) is 15.6 Å². The SMILES string of the molecule is CC1(C)[C@H](NC(=O)/C(=N\O[C@@H](COc2ccc(-n3cc[n+](CCCN)c3)nc2)C(=O)O)c2csc(N)n2)C(=O)N1OS(=O)(=O)O. The largest absolute Gasteiger partial charge is 0.487 e. The van der Waals surface area contributed by atoms with Crippen molar-refractivity contribution in [3.05, 3.63) is 48.1 Å². The Morgan fingerprint density at radius 2 is 2.09 bits per heavy atom. The third kappa shape index (κ3) is 8.07. The first kappa shape index (κ1) is 33.2. The summed E-state index contributed by atoms with van der Waals surface area (Å²) in [5, 5.41) is 17.5. The maximum Gasteiger partial charge on any atom is 0.418 e. The lowest BCUT2D eigenvalue weighted by Crippen LogP contribution is -2.76. The standard InChI is InChI=1S/C24H29N9O10S2/c1-24(2)19(21(35)33(24)43-45(38,39)40)29-20(34)18(15-12-44-23(26)28-15)30-42-16(22(36)37)11-41-14-4-5-17(27-10-14)32-9-8-31(13-32)7-3-6-25/h4-5,8-10,12-13,16,19H,3,6-7,11,25H2,1-2H3,(H4-,26,28,29,34,36,37,38,39,40)/p+1/b30-18-/t16-,19+/m0/s1. The Kier molecular flexibility index (Phi) is 9.97. The third-order valence-electron chi connectivity index (χ3n) is 6.35. The molecule has 0 spiro atoms. The number of carbonyl (C=O) groups excluding carboxylic acids is 2. The van der Waals surface area contributed by atoms with Crippen molar-refractivity contribution in [3.63, 3.8) is 0 Å². The van der Waals surface area contributed by atoms with Crippen molar-refractivity contribution in [2.75, 3.05) is 18.9 Å². The maximum atomic E-state index is 13.2. The Morgan fingerprint density at radius 1 is 1.33 bits per heavy atom. The van der Waals surface area contributed by atoms with E-state index in [1.54, 1.807) is 16.7 Å². The zero-order valence-electron chi connectivity index (χ0n) is 23.8. The molecule has 21 heteroatoms. The minimum atomic E-state index is -5.02. The molecule has 45 heavy (non-hydrogen) atoms. The van der Waals surface area contributed by atoms with Crippen LogP contribution in [0.2, 0.25) is 0 Å². The van der Waals surface area contributed by atoms with E-state index in [9.17, 15) is 27.9 Å². The second-order valence-electron chi connectivity index (χ2n) is 10.0. The molecule has 2 atom stereocenters. The summed E-state index contributed by atoms with van der Waals surface area (Å²) >= 11 is 0.953. The number of pyridine rings is 1. The van der Waals surface area contributed by atoms with Crippen molar-refractivity contribution in [2.45, 2.75) is 44.5 Å². The van der Waals surface area contributed by atoms with E-state index >= 15 is 0 Å². The summed E-state index contributed by atoms with van der Waals surface area (Å²) in [6, 6.07) is 1.92. The number of nitrogen functional groups attached to an aromatic ring is 1. The van der Waals surface area contributed by atoms with Crippen LogP contribution in [-0.2, 0) is 40.4 Å². The lowest BCUT2D eigenvalue weighted by Gasteiger charge is -2.50. The number of hydrogen-bond donors (Lipinski definition) is 5. The predicted octanol–water partition coefficient (Wildman–Crippen LogP) is -1.36. The van der Waals surface area contributed by atoms with Gasteiger partial charge in [0.1, 0.15) is 36.5 Å². The zero-order chi connectivity index (χ0) is 32.9. The van der Waals surface area contributed by atoms with Crippen LogP contribution in [0.1, 0.15) is 26.0 Å². The summed E-state index contributed by atoms with van der Waals surface area (Å²) in [5.74, 6) is -2.68. The molecule has 1 saturated heterocycles. The number of oxime groups is 1. The Labute approximate surface area is 259 Å². The molecular weight excluding hydrogens is 638 g/mol. The molecule has 4 heterocycles. The molecule has 19 nitrogen and oxygen atoms in total. The molecular formula is C24H30N9O10S2+. The normalized spacial score (nSPS) is 17.0. The third-order valence-corrected chi connectivity index (χ3v) is 7.36. The van der Waals surface area contributed by atoms with Gasteiger partial charge in [0.25, 0.3) is 17.9 Å². The van der Waals surface area contributed by atoms with Crippen LogP contribution in [0.3, 0.4) is 0 Å². The van der Waals surface area contributed by atoms with Crippen LogP contribution in [0.15, 0.2) is 47.6 Å². The van der Waals surface area contributed by atoms with Crippen molar-refractivity contribution in [3.8, 4) is 11.6 Å². The second kappa shape index (κ2) is 13.5.